The Morgan fingerprint density at radius 3 is 1.80 bits per heavy atom. The molecule has 0 amide bonds. The molecule has 0 unspecified atom stereocenters. The molecule has 0 atom stereocenters. The number of hydrogen-bond donors (Lipinski definition) is 1. The van der Waals surface area contributed by atoms with Crippen molar-refractivity contribution in [2.45, 2.75) is 6.92 Å². The summed E-state index contributed by atoms with van der Waals surface area (Å²) in [6.45, 7) is 2.56. The largest absolute Gasteiger partial charge is 2.00 e. The summed E-state index contributed by atoms with van der Waals surface area (Å²) in [6.07, 6.45) is 0. The molecule has 1 radical (unpaired) electrons. The zero-order chi connectivity index (χ0) is 2.71. The Bertz CT molecular complexity index is 15.7. The molecule has 0 aromatic carbocycles. The molecule has 0 heterocycles. The van der Waals surface area contributed by atoms with Crippen molar-refractivity contribution < 1.29 is 30.3 Å². The topological polar surface area (TPSA) is 20.2 Å². The van der Waals surface area contributed by atoms with Gasteiger partial charge in [-0.2, -0.15) is 6.92 Å². The van der Waals surface area contributed by atoms with E-state index in [2.05, 4.69) is 0 Å². The molecule has 3 heteroatoms. The standard InChI is InChI=1S/C2H5O.Sr.Ta.2H/c1-2-3;;;;/h2-3H,1H3;;;;/q-1;+2;;2*-1. The van der Waals surface area contributed by atoms with Gasteiger partial charge in [0.25, 0.3) is 0 Å². The van der Waals surface area contributed by atoms with Crippen LogP contribution in [0.5, 0.6) is 0 Å². The van der Waals surface area contributed by atoms with Crippen LogP contribution in [0, 0.1) is 6.61 Å². The van der Waals surface area contributed by atoms with Crippen molar-refractivity contribution in [2.75, 3.05) is 0 Å². The summed E-state index contributed by atoms with van der Waals surface area (Å²) in [5.74, 6) is 0. The van der Waals surface area contributed by atoms with Crippen LogP contribution in [0.1, 0.15) is 9.78 Å². The Morgan fingerprint density at radius 1 is 1.80 bits per heavy atom. The Kier molecular flexibility index (Phi) is 51.5. The molecule has 0 aromatic heterocycles. The second kappa shape index (κ2) is 16.4. The van der Waals surface area contributed by atoms with Crippen LogP contribution < -0.4 is 0 Å². The third-order valence-corrected chi connectivity index (χ3v) is 0. The van der Waals surface area contributed by atoms with E-state index < -0.39 is 0 Å². The van der Waals surface area contributed by atoms with Crippen molar-refractivity contribution in [1.82, 2.24) is 0 Å². The molecule has 0 aliphatic heterocycles. The van der Waals surface area contributed by atoms with Crippen LogP contribution in [0.4, 0.5) is 0 Å². The first kappa shape index (κ1) is 15.7. The van der Waals surface area contributed by atoms with Gasteiger partial charge in [0, 0.05) is 22.4 Å². The first-order valence-electron chi connectivity index (χ1n) is 0.836. The first-order valence-corrected chi connectivity index (χ1v) is 0.836. The van der Waals surface area contributed by atoms with E-state index in [4.69, 9.17) is 5.11 Å². The summed E-state index contributed by atoms with van der Waals surface area (Å²) in [7, 11) is 0. The number of rotatable bonds is 0. The van der Waals surface area contributed by atoms with E-state index in [9.17, 15) is 0 Å². The molecule has 5 heavy (non-hydrogen) atoms. The summed E-state index contributed by atoms with van der Waals surface area (Å²) >= 11 is 0. The van der Waals surface area contributed by atoms with E-state index >= 15 is 0 Å². The minimum Gasteiger partial charge on any atom is -1.00 e. The third-order valence-electron chi connectivity index (χ3n) is 0. The minimum absolute atomic E-state index is 0. The van der Waals surface area contributed by atoms with Crippen molar-refractivity contribution >= 4 is 45.5 Å². The molecular weight excluding hydrogens is 309 g/mol. The van der Waals surface area contributed by atoms with Gasteiger partial charge in [0.05, 0.1) is 0 Å². The van der Waals surface area contributed by atoms with E-state index in [1.54, 1.807) is 6.92 Å². The maximum atomic E-state index is 7.44. The minimum atomic E-state index is 0. The van der Waals surface area contributed by atoms with Gasteiger partial charge in [-0.05, 0) is 0 Å². The first-order chi connectivity index (χ1) is 1.41. The summed E-state index contributed by atoms with van der Waals surface area (Å²) in [5, 5.41) is 7.44. The van der Waals surface area contributed by atoms with Crippen LogP contribution in [-0.4, -0.2) is 50.6 Å². The van der Waals surface area contributed by atoms with Crippen molar-refractivity contribution in [3.8, 4) is 0 Å². The Hall–Kier alpha value is 2.18. The fourth-order valence-corrected chi connectivity index (χ4v) is 0. The Morgan fingerprint density at radius 2 is 1.80 bits per heavy atom. The van der Waals surface area contributed by atoms with Crippen LogP contribution in [-0.2, 0) is 22.4 Å². The van der Waals surface area contributed by atoms with Gasteiger partial charge >= 0.3 is 45.5 Å². The van der Waals surface area contributed by atoms with Gasteiger partial charge in [-0.25, -0.2) is 6.61 Å². The van der Waals surface area contributed by atoms with Gasteiger partial charge in [-0.3, -0.25) is 0 Å². The van der Waals surface area contributed by atoms with Crippen LogP contribution in [0.15, 0.2) is 0 Å². The molecule has 0 aromatic rings. The quantitative estimate of drug-likeness (QED) is 0.506. The summed E-state index contributed by atoms with van der Waals surface area (Å²) in [4.78, 5) is 0. The molecule has 0 saturated heterocycles. The van der Waals surface area contributed by atoms with Crippen LogP contribution in [0.3, 0.4) is 0 Å². The van der Waals surface area contributed by atoms with Gasteiger partial charge < -0.3 is 7.96 Å². The second-order valence-corrected chi connectivity index (χ2v) is 0.258. The summed E-state index contributed by atoms with van der Waals surface area (Å²) in [6, 6.07) is 0. The molecule has 0 saturated carbocycles. The van der Waals surface area contributed by atoms with Crippen LogP contribution >= 0.6 is 0 Å². The molecule has 0 bridgehead atoms. The fourth-order valence-electron chi connectivity index (χ4n) is 0. The molecule has 0 aliphatic rings. The summed E-state index contributed by atoms with van der Waals surface area (Å²) < 4.78 is 0. The van der Waals surface area contributed by atoms with Gasteiger partial charge in [-0.1, -0.05) is 0 Å². The molecule has 1 N–H and O–H groups in total. The smallest absolute Gasteiger partial charge is 1.00 e. The normalized spacial score (nSPS) is 3.60. The van der Waals surface area contributed by atoms with Crippen LogP contribution in [0.2, 0.25) is 0 Å². The second-order valence-electron chi connectivity index (χ2n) is 0.258. The predicted molar refractivity (Wildman–Crippen MR) is 19.9 cm³/mol. The van der Waals surface area contributed by atoms with E-state index in [0.717, 1.165) is 6.61 Å². The molecule has 0 spiro atoms. The summed E-state index contributed by atoms with van der Waals surface area (Å²) in [5.41, 5.74) is 0. The van der Waals surface area contributed by atoms with E-state index in [1.165, 1.54) is 0 Å². The van der Waals surface area contributed by atoms with Crippen molar-refractivity contribution in [3.63, 3.8) is 0 Å². The van der Waals surface area contributed by atoms with E-state index in [1.807, 2.05) is 0 Å². The third kappa shape index (κ3) is 22.7. The fraction of sp³-hybridized carbons (Fsp3) is 0.500. The zero-order valence-corrected chi connectivity index (χ0v) is 9.87. The van der Waals surface area contributed by atoms with Gasteiger partial charge in [0.1, 0.15) is 0 Å². The van der Waals surface area contributed by atoms with E-state index in [-0.39, 0.29) is 70.7 Å². The SMILES string of the molecule is C[CH-]O.[H-].[H-].[Sr+2].[Ta]. The zero-order valence-electron chi connectivity index (χ0n) is 5.18. The molecule has 0 rings (SSSR count). The number of aliphatic hydroxyl groups is 1. The van der Waals surface area contributed by atoms with Crippen molar-refractivity contribution in [1.29, 1.82) is 0 Å². The average molecular weight is 316 g/mol. The van der Waals surface area contributed by atoms with Crippen LogP contribution in [0.25, 0.3) is 0 Å². The Balaban J connectivity index is -0.00000000333. The Labute approximate surface area is 87.9 Å². The maximum absolute atomic E-state index is 7.44. The molecular formula is C2H7OSrTa-. The maximum Gasteiger partial charge on any atom is 2.00 e. The number of aliphatic hydroxyl groups excluding tert-OH is 1. The number of hydrogen-bond acceptors (Lipinski definition) is 1. The van der Waals surface area contributed by atoms with Gasteiger partial charge in [-0.15, -0.1) is 0 Å². The molecule has 0 fully saturated rings. The van der Waals surface area contributed by atoms with Crippen molar-refractivity contribution in [3.05, 3.63) is 6.61 Å². The van der Waals surface area contributed by atoms with Gasteiger partial charge in [0.15, 0.2) is 0 Å². The van der Waals surface area contributed by atoms with Crippen molar-refractivity contribution in [2.24, 2.45) is 0 Å². The molecule has 29 valence electrons. The average Bonchev–Trinajstić information content (AvgIpc) is 0.918. The predicted octanol–water partition coefficient (Wildman–Crippen LogP) is 0.382. The van der Waals surface area contributed by atoms with Gasteiger partial charge in [0.2, 0.25) is 0 Å². The molecule has 0 aliphatic carbocycles. The van der Waals surface area contributed by atoms with E-state index in [0.29, 0.717) is 0 Å². The molecule has 1 nitrogen and oxygen atoms in total. The monoisotopic (exact) mass is 316 g/mol.